The molecular formula is C12H20N4O. The van der Waals surface area contributed by atoms with Crippen LogP contribution in [0.25, 0.3) is 0 Å². The zero-order valence-electron chi connectivity index (χ0n) is 10.6. The van der Waals surface area contributed by atoms with Gasteiger partial charge in [-0.2, -0.15) is 0 Å². The first-order valence-electron chi connectivity index (χ1n) is 5.85. The summed E-state index contributed by atoms with van der Waals surface area (Å²) < 4.78 is 0. The smallest absolute Gasteiger partial charge is 0.244 e. The summed E-state index contributed by atoms with van der Waals surface area (Å²) in [7, 11) is 0. The van der Waals surface area contributed by atoms with Crippen LogP contribution < -0.4 is 11.1 Å². The van der Waals surface area contributed by atoms with E-state index in [4.69, 9.17) is 5.73 Å². The Kier molecular flexibility index (Phi) is 4.75. The van der Waals surface area contributed by atoms with Gasteiger partial charge < -0.3 is 16.0 Å². The highest BCUT2D eigenvalue weighted by molar-refractivity contribution is 5.84. The molecule has 0 aliphatic rings. The van der Waals surface area contributed by atoms with Gasteiger partial charge in [0.1, 0.15) is 11.9 Å². The number of carbonyl (C=O) groups excluding carboxylic acids is 1. The average molecular weight is 236 g/mol. The van der Waals surface area contributed by atoms with E-state index < -0.39 is 0 Å². The number of nitrogens with zero attached hydrogens (tertiary/aromatic N) is 2. The van der Waals surface area contributed by atoms with Crippen molar-refractivity contribution in [1.29, 1.82) is 0 Å². The zero-order valence-corrected chi connectivity index (χ0v) is 10.6. The third kappa shape index (κ3) is 3.62. The molecule has 1 rings (SSSR count). The van der Waals surface area contributed by atoms with Crippen molar-refractivity contribution in [1.82, 2.24) is 9.88 Å². The van der Waals surface area contributed by atoms with Gasteiger partial charge in [-0.3, -0.25) is 4.79 Å². The molecule has 1 unspecified atom stereocenters. The van der Waals surface area contributed by atoms with Crippen molar-refractivity contribution in [3.63, 3.8) is 0 Å². The van der Waals surface area contributed by atoms with Crippen molar-refractivity contribution in [2.75, 3.05) is 24.1 Å². The van der Waals surface area contributed by atoms with Gasteiger partial charge in [0, 0.05) is 31.0 Å². The Bertz CT molecular complexity index is 377. The largest absolute Gasteiger partial charge is 0.399 e. The fourth-order valence-electron chi connectivity index (χ4n) is 1.62. The molecule has 0 bridgehead atoms. The van der Waals surface area contributed by atoms with E-state index in [0.29, 0.717) is 24.6 Å². The maximum Gasteiger partial charge on any atom is 0.244 e. The van der Waals surface area contributed by atoms with E-state index in [9.17, 15) is 4.79 Å². The minimum Gasteiger partial charge on any atom is -0.399 e. The summed E-state index contributed by atoms with van der Waals surface area (Å²) in [6, 6.07) is 3.12. The van der Waals surface area contributed by atoms with Crippen molar-refractivity contribution >= 4 is 17.4 Å². The molecule has 0 aliphatic carbocycles. The van der Waals surface area contributed by atoms with Crippen LogP contribution in [0.1, 0.15) is 20.8 Å². The molecule has 0 fully saturated rings. The number of anilines is 2. The molecular weight excluding hydrogens is 216 g/mol. The van der Waals surface area contributed by atoms with Crippen LogP contribution in [0.5, 0.6) is 0 Å². The predicted octanol–water partition coefficient (Wildman–Crippen LogP) is 1.33. The lowest BCUT2D eigenvalue weighted by molar-refractivity contribution is -0.131. The second-order valence-electron chi connectivity index (χ2n) is 3.85. The van der Waals surface area contributed by atoms with E-state index in [1.165, 1.54) is 0 Å². The summed E-state index contributed by atoms with van der Waals surface area (Å²) in [6.07, 6.45) is 1.62. The number of rotatable bonds is 5. The summed E-state index contributed by atoms with van der Waals surface area (Å²) >= 11 is 0. The van der Waals surface area contributed by atoms with Crippen molar-refractivity contribution in [2.45, 2.75) is 26.8 Å². The van der Waals surface area contributed by atoms with Crippen LogP contribution in [0.4, 0.5) is 11.5 Å². The number of pyridine rings is 1. The van der Waals surface area contributed by atoms with Gasteiger partial charge in [-0.1, -0.05) is 0 Å². The lowest BCUT2D eigenvalue weighted by atomic mass is 10.2. The van der Waals surface area contributed by atoms with Gasteiger partial charge in [0.2, 0.25) is 5.91 Å². The molecule has 0 aliphatic heterocycles. The molecule has 5 nitrogen and oxygen atoms in total. The van der Waals surface area contributed by atoms with Gasteiger partial charge in [-0.05, 0) is 26.8 Å². The third-order valence-electron chi connectivity index (χ3n) is 2.59. The third-order valence-corrected chi connectivity index (χ3v) is 2.59. The number of carbonyl (C=O) groups is 1. The van der Waals surface area contributed by atoms with Crippen LogP contribution in [0.2, 0.25) is 0 Å². The second kappa shape index (κ2) is 6.08. The van der Waals surface area contributed by atoms with Gasteiger partial charge in [-0.15, -0.1) is 0 Å². The lowest BCUT2D eigenvalue weighted by Crippen LogP contribution is -2.41. The Morgan fingerprint density at radius 1 is 1.53 bits per heavy atom. The van der Waals surface area contributed by atoms with Crippen LogP contribution in [-0.4, -0.2) is 34.9 Å². The highest BCUT2D eigenvalue weighted by atomic mass is 16.2. The summed E-state index contributed by atoms with van der Waals surface area (Å²) in [6.45, 7) is 7.18. The van der Waals surface area contributed by atoms with Crippen LogP contribution in [0, 0.1) is 0 Å². The van der Waals surface area contributed by atoms with E-state index in [2.05, 4.69) is 10.3 Å². The SMILES string of the molecule is CCN(CC)C(=O)C(C)Nc1cc(N)ccn1. The molecule has 1 heterocycles. The van der Waals surface area contributed by atoms with Gasteiger partial charge in [0.25, 0.3) is 0 Å². The molecule has 0 radical (unpaired) electrons. The number of hydrogen-bond acceptors (Lipinski definition) is 4. The standard InChI is InChI=1S/C12H20N4O/c1-4-16(5-2)12(17)9(3)15-11-8-10(13)6-7-14-11/h6-9H,4-5H2,1-3H3,(H3,13,14,15). The molecule has 17 heavy (non-hydrogen) atoms. The van der Waals surface area contributed by atoms with Crippen molar-refractivity contribution < 1.29 is 4.79 Å². The molecule has 1 aromatic heterocycles. The van der Waals surface area contributed by atoms with Crippen LogP contribution >= 0.6 is 0 Å². The maximum atomic E-state index is 12.0. The fraction of sp³-hybridized carbons (Fsp3) is 0.500. The number of nitrogen functional groups attached to an aromatic ring is 1. The van der Waals surface area contributed by atoms with E-state index in [-0.39, 0.29) is 11.9 Å². The Balaban J connectivity index is 2.65. The second-order valence-corrected chi connectivity index (χ2v) is 3.85. The van der Waals surface area contributed by atoms with Gasteiger partial charge in [0.15, 0.2) is 0 Å². The van der Waals surface area contributed by atoms with E-state index in [0.717, 1.165) is 0 Å². The molecule has 1 atom stereocenters. The molecule has 94 valence electrons. The van der Waals surface area contributed by atoms with Crippen molar-refractivity contribution in [3.05, 3.63) is 18.3 Å². The first-order chi connectivity index (χ1) is 8.08. The van der Waals surface area contributed by atoms with E-state index >= 15 is 0 Å². The van der Waals surface area contributed by atoms with E-state index in [1.807, 2.05) is 20.8 Å². The highest BCUT2D eigenvalue weighted by Crippen LogP contribution is 2.10. The Labute approximate surface area is 102 Å². The summed E-state index contributed by atoms with van der Waals surface area (Å²) in [5.74, 6) is 0.692. The molecule has 3 N–H and O–H groups in total. The first-order valence-corrected chi connectivity index (χ1v) is 5.85. The normalized spacial score (nSPS) is 11.9. The first kappa shape index (κ1) is 13.3. The maximum absolute atomic E-state index is 12.0. The minimum absolute atomic E-state index is 0.0687. The topological polar surface area (TPSA) is 71.2 Å². The molecule has 0 aromatic carbocycles. The summed E-state index contributed by atoms with van der Waals surface area (Å²) in [4.78, 5) is 17.9. The average Bonchev–Trinajstić information content (AvgIpc) is 2.30. The quantitative estimate of drug-likeness (QED) is 0.809. The van der Waals surface area contributed by atoms with Crippen molar-refractivity contribution in [2.24, 2.45) is 0 Å². The molecule has 0 saturated carbocycles. The molecule has 1 amide bonds. The van der Waals surface area contributed by atoms with Crippen molar-refractivity contribution in [3.8, 4) is 0 Å². The van der Waals surface area contributed by atoms with Gasteiger partial charge in [0.05, 0.1) is 0 Å². The fourth-order valence-corrected chi connectivity index (χ4v) is 1.62. The Morgan fingerprint density at radius 3 is 2.71 bits per heavy atom. The van der Waals surface area contributed by atoms with Crippen LogP contribution in [0.3, 0.4) is 0 Å². The number of hydrogen-bond donors (Lipinski definition) is 2. The molecule has 1 aromatic rings. The van der Waals surface area contributed by atoms with Gasteiger partial charge in [-0.25, -0.2) is 4.98 Å². The number of nitrogens with one attached hydrogen (secondary N) is 1. The minimum atomic E-state index is -0.302. The number of nitrogens with two attached hydrogens (primary N) is 1. The van der Waals surface area contributed by atoms with E-state index in [1.54, 1.807) is 23.2 Å². The number of likely N-dealkylation sites (N-methyl/N-ethyl adjacent to an activating group) is 1. The molecule has 0 saturated heterocycles. The zero-order chi connectivity index (χ0) is 12.8. The number of amides is 1. The van der Waals surface area contributed by atoms with Crippen LogP contribution in [0.15, 0.2) is 18.3 Å². The van der Waals surface area contributed by atoms with Crippen LogP contribution in [-0.2, 0) is 4.79 Å². The lowest BCUT2D eigenvalue weighted by Gasteiger charge is -2.23. The molecule has 5 heteroatoms. The summed E-state index contributed by atoms with van der Waals surface area (Å²) in [5.41, 5.74) is 6.28. The summed E-state index contributed by atoms with van der Waals surface area (Å²) in [5, 5.41) is 3.05. The number of aromatic nitrogens is 1. The molecule has 0 spiro atoms. The predicted molar refractivity (Wildman–Crippen MR) is 69.7 cm³/mol. The monoisotopic (exact) mass is 236 g/mol. The van der Waals surface area contributed by atoms with Gasteiger partial charge >= 0.3 is 0 Å². The Morgan fingerprint density at radius 2 is 2.18 bits per heavy atom. The highest BCUT2D eigenvalue weighted by Gasteiger charge is 2.17. The Hall–Kier alpha value is -1.78.